The molecule has 0 saturated heterocycles. The van der Waals surface area contributed by atoms with Crippen LogP contribution in [0.4, 0.5) is 13.2 Å². The van der Waals surface area contributed by atoms with E-state index in [0.717, 1.165) is 6.07 Å². The number of hydrogen-bond acceptors (Lipinski definition) is 2. The van der Waals surface area contributed by atoms with Gasteiger partial charge in [0, 0.05) is 9.86 Å². The van der Waals surface area contributed by atoms with E-state index in [0.29, 0.717) is 11.1 Å². The van der Waals surface area contributed by atoms with Crippen molar-refractivity contribution in [3.63, 3.8) is 0 Å². The van der Waals surface area contributed by atoms with Crippen LogP contribution in [0, 0.1) is 6.92 Å². The van der Waals surface area contributed by atoms with Gasteiger partial charge in [-0.3, -0.25) is 0 Å². The molecule has 0 fully saturated rings. The Morgan fingerprint density at radius 3 is 2.39 bits per heavy atom. The molecule has 0 N–H and O–H groups in total. The van der Waals surface area contributed by atoms with E-state index in [-0.39, 0.29) is 20.3 Å². The number of benzene rings is 1. The monoisotopic (exact) mass is 358 g/mol. The molecule has 8 heteroatoms. The van der Waals surface area contributed by atoms with Gasteiger partial charge in [-0.1, -0.05) is 11.6 Å². The van der Waals surface area contributed by atoms with Crippen molar-refractivity contribution in [2.24, 2.45) is 0 Å². The third-order valence-electron chi connectivity index (χ3n) is 2.39. The summed E-state index contributed by atoms with van der Waals surface area (Å²) in [6.07, 6.45) is -4.49. The lowest BCUT2D eigenvalue weighted by Crippen LogP contribution is -2.08. The van der Waals surface area contributed by atoms with Gasteiger partial charge in [0.25, 0.3) is 0 Å². The predicted octanol–water partition coefficient (Wildman–Crippen LogP) is 5.03. The van der Waals surface area contributed by atoms with Crippen molar-refractivity contribution in [1.29, 1.82) is 0 Å². The quantitative estimate of drug-likeness (QED) is 0.487. The van der Waals surface area contributed by atoms with Gasteiger partial charge < -0.3 is 0 Å². The number of nitrogens with zero attached hydrogens (tertiary/aromatic N) is 2. The maximum atomic E-state index is 12.8. The van der Waals surface area contributed by atoms with E-state index in [1.165, 1.54) is 6.92 Å². The molecule has 0 aliphatic carbocycles. The molecule has 0 aliphatic heterocycles. The number of aryl methyl sites for hydroxylation is 1. The minimum Gasteiger partial charge on any atom is -0.217 e. The maximum Gasteiger partial charge on any atom is 0.417 e. The van der Waals surface area contributed by atoms with Crippen molar-refractivity contribution < 1.29 is 13.2 Å². The van der Waals surface area contributed by atoms with E-state index >= 15 is 0 Å². The molecule has 1 aromatic carbocycles. The Kier molecular flexibility index (Phi) is 3.46. The van der Waals surface area contributed by atoms with Crippen molar-refractivity contribution in [2.75, 3.05) is 0 Å². The van der Waals surface area contributed by atoms with Crippen molar-refractivity contribution in [3.05, 3.63) is 32.1 Å². The van der Waals surface area contributed by atoms with Crippen LogP contribution in [-0.2, 0) is 6.18 Å². The zero-order valence-electron chi connectivity index (χ0n) is 8.74. The minimum atomic E-state index is -4.49. The molecule has 1 aromatic heterocycles. The van der Waals surface area contributed by atoms with Crippen molar-refractivity contribution in [2.45, 2.75) is 13.1 Å². The number of fused-ring (bicyclic) bond motifs is 1. The molecular formula is C10H4BrCl2F3N2. The van der Waals surface area contributed by atoms with Crippen LogP contribution in [0.15, 0.2) is 10.5 Å². The van der Waals surface area contributed by atoms with Crippen LogP contribution in [-0.4, -0.2) is 9.97 Å². The number of rotatable bonds is 0. The van der Waals surface area contributed by atoms with Gasteiger partial charge in [0.1, 0.15) is 5.15 Å². The van der Waals surface area contributed by atoms with Crippen LogP contribution in [0.2, 0.25) is 10.4 Å². The first-order chi connectivity index (χ1) is 8.21. The van der Waals surface area contributed by atoms with Crippen LogP contribution < -0.4 is 0 Å². The molecule has 0 unspecified atom stereocenters. The van der Waals surface area contributed by atoms with Crippen molar-refractivity contribution >= 4 is 50.0 Å². The summed E-state index contributed by atoms with van der Waals surface area (Å²) in [6, 6.07) is 0.908. The van der Waals surface area contributed by atoms with Gasteiger partial charge in [-0.15, -0.1) is 0 Å². The summed E-state index contributed by atoms with van der Waals surface area (Å²) in [6.45, 7) is 1.50. The topological polar surface area (TPSA) is 25.8 Å². The van der Waals surface area contributed by atoms with E-state index in [1.807, 2.05) is 0 Å². The molecule has 0 atom stereocenters. The van der Waals surface area contributed by atoms with E-state index in [4.69, 9.17) is 23.2 Å². The zero-order chi connectivity index (χ0) is 13.7. The molecule has 0 amide bonds. The van der Waals surface area contributed by atoms with E-state index < -0.39 is 11.7 Å². The third-order valence-corrected chi connectivity index (χ3v) is 3.87. The molecule has 2 nitrogen and oxygen atoms in total. The smallest absolute Gasteiger partial charge is 0.217 e. The van der Waals surface area contributed by atoms with Gasteiger partial charge in [0.05, 0.1) is 11.1 Å². The number of hydrogen-bond donors (Lipinski definition) is 0. The van der Waals surface area contributed by atoms with Crippen LogP contribution in [0.3, 0.4) is 0 Å². The molecule has 2 rings (SSSR count). The van der Waals surface area contributed by atoms with E-state index in [9.17, 15) is 13.2 Å². The number of alkyl halides is 3. The molecule has 18 heavy (non-hydrogen) atoms. The Balaban J connectivity index is 2.93. The highest BCUT2D eigenvalue weighted by Crippen LogP contribution is 2.40. The first-order valence-corrected chi connectivity index (χ1v) is 6.15. The summed E-state index contributed by atoms with van der Waals surface area (Å²) in [4.78, 5) is 7.53. The molecular weight excluding hydrogens is 356 g/mol. The summed E-state index contributed by atoms with van der Waals surface area (Å²) in [5, 5.41) is -0.0950. The average Bonchev–Trinajstić information content (AvgIpc) is 2.22. The lowest BCUT2D eigenvalue weighted by atomic mass is 10.1. The fourth-order valence-corrected chi connectivity index (χ4v) is 2.51. The van der Waals surface area contributed by atoms with Crippen LogP contribution in [0.25, 0.3) is 10.9 Å². The van der Waals surface area contributed by atoms with Gasteiger partial charge in [-0.2, -0.15) is 13.2 Å². The highest BCUT2D eigenvalue weighted by atomic mass is 79.9. The summed E-state index contributed by atoms with van der Waals surface area (Å²) in [5.74, 6) is 0. The van der Waals surface area contributed by atoms with Crippen molar-refractivity contribution in [1.82, 2.24) is 9.97 Å². The van der Waals surface area contributed by atoms with Gasteiger partial charge in [-0.25, -0.2) is 9.97 Å². The normalized spacial score (nSPS) is 12.2. The summed E-state index contributed by atoms with van der Waals surface area (Å²) < 4.78 is 38.4. The fraction of sp³-hybridized carbons (Fsp3) is 0.200. The molecule has 0 bridgehead atoms. The highest BCUT2D eigenvalue weighted by molar-refractivity contribution is 9.10. The van der Waals surface area contributed by atoms with Crippen LogP contribution >= 0.6 is 39.1 Å². The summed E-state index contributed by atoms with van der Waals surface area (Å²) in [7, 11) is 0. The lowest BCUT2D eigenvalue weighted by Gasteiger charge is -2.13. The Labute approximate surface area is 118 Å². The largest absolute Gasteiger partial charge is 0.417 e. The molecule has 96 valence electrons. The fourth-order valence-electron chi connectivity index (χ4n) is 1.55. The minimum absolute atomic E-state index is 0.0756. The molecule has 0 saturated carbocycles. The van der Waals surface area contributed by atoms with Crippen molar-refractivity contribution in [3.8, 4) is 0 Å². The molecule has 0 aliphatic rings. The molecule has 0 radical (unpaired) electrons. The summed E-state index contributed by atoms with van der Waals surface area (Å²) >= 11 is 14.3. The Morgan fingerprint density at radius 1 is 1.22 bits per heavy atom. The first kappa shape index (κ1) is 13.8. The van der Waals surface area contributed by atoms with Gasteiger partial charge in [0.2, 0.25) is 5.28 Å². The van der Waals surface area contributed by atoms with Gasteiger partial charge in [-0.05, 0) is 46.1 Å². The van der Waals surface area contributed by atoms with Gasteiger partial charge >= 0.3 is 6.18 Å². The Hall–Kier alpha value is -0.590. The lowest BCUT2D eigenvalue weighted by molar-refractivity contribution is -0.138. The highest BCUT2D eigenvalue weighted by Gasteiger charge is 2.34. The maximum absolute atomic E-state index is 12.8. The molecule has 2 aromatic rings. The predicted molar refractivity (Wildman–Crippen MR) is 67.0 cm³/mol. The Bertz CT molecular complexity index is 643. The van der Waals surface area contributed by atoms with E-state index in [1.54, 1.807) is 0 Å². The SMILES string of the molecule is Cc1c(Br)c(C(F)(F)F)cc2c(Cl)nc(Cl)nc12. The average molecular weight is 360 g/mol. The summed E-state index contributed by atoms with van der Waals surface area (Å²) in [5.41, 5.74) is -0.216. The zero-order valence-corrected chi connectivity index (χ0v) is 11.8. The molecule has 1 heterocycles. The Morgan fingerprint density at radius 2 is 1.83 bits per heavy atom. The number of aromatic nitrogens is 2. The second-order valence-corrected chi connectivity index (χ2v) is 5.03. The van der Waals surface area contributed by atoms with Crippen LogP contribution in [0.1, 0.15) is 11.1 Å². The molecule has 0 spiro atoms. The third kappa shape index (κ3) is 2.29. The second-order valence-electron chi connectivity index (χ2n) is 3.54. The standard InChI is InChI=1S/C10H4BrCl2F3N2/c1-3-6(11)5(10(14,15)16)2-4-7(3)17-9(13)18-8(4)12/h2H,1H3. The van der Waals surface area contributed by atoms with Gasteiger partial charge in [0.15, 0.2) is 0 Å². The second kappa shape index (κ2) is 4.51. The van der Waals surface area contributed by atoms with E-state index in [2.05, 4.69) is 25.9 Å². The first-order valence-electron chi connectivity index (χ1n) is 4.61. The van der Waals surface area contributed by atoms with Crippen LogP contribution in [0.5, 0.6) is 0 Å². The number of halogens is 6.